The van der Waals surface area contributed by atoms with Crippen LogP contribution in [0.25, 0.3) is 42.5 Å². The van der Waals surface area contributed by atoms with E-state index in [-0.39, 0.29) is 0 Å². The Labute approximate surface area is 153 Å². The van der Waals surface area contributed by atoms with Gasteiger partial charge in [-0.05, 0) is 0 Å². The molecule has 10 heteroatoms. The molecule has 26 heavy (non-hydrogen) atoms. The van der Waals surface area contributed by atoms with Gasteiger partial charge in [0.1, 0.15) is 11.4 Å². The smallest absolute Gasteiger partial charge is 0.194 e. The molecule has 6 aromatic rings. The number of nitrogens with one attached hydrogen (secondary N) is 2. The van der Waals surface area contributed by atoms with E-state index in [1.54, 1.807) is 35.3 Å². The van der Waals surface area contributed by atoms with E-state index in [1.165, 1.54) is 0 Å². The van der Waals surface area contributed by atoms with Crippen molar-refractivity contribution in [2.75, 3.05) is 0 Å². The molecule has 0 aliphatic carbocycles. The molecule has 0 unspecified atom stereocenters. The lowest BCUT2D eigenvalue weighted by molar-refractivity contribution is 1.23. The molecule has 0 amide bonds. The molecular formula is C16H10N8S2. The molecule has 0 fully saturated rings. The van der Waals surface area contributed by atoms with Crippen LogP contribution in [0.1, 0.15) is 0 Å². The Bertz CT molecular complexity index is 1160. The summed E-state index contributed by atoms with van der Waals surface area (Å²) >= 11 is 3.24. The number of aromatic nitrogens is 8. The highest BCUT2D eigenvalue weighted by Crippen LogP contribution is 2.31. The Balaban J connectivity index is 1.38. The molecule has 0 spiro atoms. The topological polar surface area (TPSA) is 92.0 Å². The summed E-state index contributed by atoms with van der Waals surface area (Å²) in [5.41, 5.74) is 3.73. The summed E-state index contributed by atoms with van der Waals surface area (Å²) in [6.07, 6.45) is 15.1. The number of imidazole rings is 4. The summed E-state index contributed by atoms with van der Waals surface area (Å²) in [6.45, 7) is 0. The maximum atomic E-state index is 4.72. The first-order valence-corrected chi connectivity index (χ1v) is 9.42. The van der Waals surface area contributed by atoms with Crippen LogP contribution in [-0.2, 0) is 0 Å². The second kappa shape index (κ2) is 5.13. The van der Waals surface area contributed by atoms with Crippen molar-refractivity contribution in [2.45, 2.75) is 0 Å². The Morgan fingerprint density at radius 3 is 1.58 bits per heavy atom. The summed E-state index contributed by atoms with van der Waals surface area (Å²) in [7, 11) is 0. The molecule has 0 saturated heterocycles. The quantitative estimate of drug-likeness (QED) is 0.493. The van der Waals surface area contributed by atoms with Gasteiger partial charge in [-0.2, -0.15) is 0 Å². The van der Waals surface area contributed by atoms with Crippen LogP contribution in [0.5, 0.6) is 0 Å². The zero-order chi connectivity index (χ0) is 17.1. The van der Waals surface area contributed by atoms with Crippen molar-refractivity contribution in [3.63, 3.8) is 0 Å². The van der Waals surface area contributed by atoms with Crippen LogP contribution in [0, 0.1) is 0 Å². The molecule has 126 valence electrons. The van der Waals surface area contributed by atoms with E-state index in [1.807, 2.05) is 33.6 Å². The van der Waals surface area contributed by atoms with Gasteiger partial charge in [0.05, 0.1) is 46.2 Å². The van der Waals surface area contributed by atoms with Gasteiger partial charge in [0, 0.05) is 24.8 Å². The van der Waals surface area contributed by atoms with Crippen LogP contribution >= 0.6 is 22.7 Å². The number of rotatable bonds is 3. The molecule has 8 nitrogen and oxygen atoms in total. The van der Waals surface area contributed by atoms with E-state index in [9.17, 15) is 0 Å². The van der Waals surface area contributed by atoms with Gasteiger partial charge in [0.15, 0.2) is 9.92 Å². The van der Waals surface area contributed by atoms with Gasteiger partial charge in [-0.25, -0.2) is 19.9 Å². The fraction of sp³-hybridized carbons (Fsp3) is 0. The molecule has 0 atom stereocenters. The minimum Gasteiger partial charge on any atom is -0.344 e. The number of hydrogen-bond acceptors (Lipinski definition) is 6. The van der Waals surface area contributed by atoms with Crippen LogP contribution in [0.2, 0.25) is 0 Å². The Morgan fingerprint density at radius 1 is 0.692 bits per heavy atom. The summed E-state index contributed by atoms with van der Waals surface area (Å²) in [6, 6.07) is 0. The zero-order valence-corrected chi connectivity index (χ0v) is 14.8. The first-order chi connectivity index (χ1) is 12.8. The molecule has 0 radical (unpaired) electrons. The first-order valence-electron chi connectivity index (χ1n) is 7.78. The number of fused-ring (bicyclic) bond motifs is 2. The average molecular weight is 378 g/mol. The summed E-state index contributed by atoms with van der Waals surface area (Å²) in [5.74, 6) is 0. The maximum absolute atomic E-state index is 4.72. The van der Waals surface area contributed by atoms with Crippen LogP contribution < -0.4 is 0 Å². The van der Waals surface area contributed by atoms with Crippen molar-refractivity contribution in [3.05, 3.63) is 49.8 Å². The second-order valence-electron chi connectivity index (χ2n) is 5.75. The van der Waals surface area contributed by atoms with Gasteiger partial charge < -0.3 is 9.97 Å². The SMILES string of the molecule is c1ncc(-c2cn3cc(-c4cn5cc(-c6cnc[nH]6)sc5n4)nc3s2)[nH]1. The van der Waals surface area contributed by atoms with E-state index in [4.69, 9.17) is 9.97 Å². The van der Waals surface area contributed by atoms with E-state index < -0.39 is 0 Å². The van der Waals surface area contributed by atoms with Crippen molar-refractivity contribution in [1.29, 1.82) is 0 Å². The molecule has 0 saturated carbocycles. The molecule has 0 aliphatic heterocycles. The third kappa shape index (κ3) is 2.06. The Kier molecular flexibility index (Phi) is 2.76. The van der Waals surface area contributed by atoms with Gasteiger partial charge in [-0.15, -0.1) is 0 Å². The van der Waals surface area contributed by atoms with Crippen LogP contribution in [0.4, 0.5) is 0 Å². The zero-order valence-electron chi connectivity index (χ0n) is 13.1. The third-order valence-corrected chi connectivity index (χ3v) is 6.16. The number of aromatic amines is 2. The second-order valence-corrected chi connectivity index (χ2v) is 7.77. The van der Waals surface area contributed by atoms with Crippen LogP contribution in [0.15, 0.2) is 49.8 Å². The van der Waals surface area contributed by atoms with Crippen molar-refractivity contribution in [3.8, 4) is 32.5 Å². The predicted molar refractivity (Wildman–Crippen MR) is 100 cm³/mol. The Hall–Kier alpha value is -3.24. The van der Waals surface area contributed by atoms with Crippen molar-refractivity contribution >= 4 is 32.6 Å². The van der Waals surface area contributed by atoms with E-state index in [0.717, 1.165) is 42.5 Å². The van der Waals surface area contributed by atoms with Gasteiger partial charge >= 0.3 is 0 Å². The van der Waals surface area contributed by atoms with Crippen molar-refractivity contribution in [2.24, 2.45) is 0 Å². The molecule has 6 aromatic heterocycles. The maximum Gasteiger partial charge on any atom is 0.194 e. The van der Waals surface area contributed by atoms with Crippen LogP contribution in [-0.4, -0.2) is 38.7 Å². The number of thiazole rings is 2. The standard InChI is InChI=1S/C16H10N8S2/c1-9(19-7-17-1)13-5-23-3-11(21-15(23)25-13)12-4-24-6-14(26-16(24)22-12)10-2-18-8-20-10/h1-8H,(H,17,19)(H,18,20). The number of hydrogen-bond donors (Lipinski definition) is 2. The average Bonchev–Trinajstić information content (AvgIpc) is 3.44. The van der Waals surface area contributed by atoms with Gasteiger partial charge in [0.25, 0.3) is 0 Å². The normalized spacial score (nSPS) is 11.8. The summed E-state index contributed by atoms with van der Waals surface area (Å²) in [4.78, 5) is 27.9. The first kappa shape index (κ1) is 14.0. The van der Waals surface area contributed by atoms with E-state index >= 15 is 0 Å². The highest BCUT2D eigenvalue weighted by molar-refractivity contribution is 7.20. The van der Waals surface area contributed by atoms with Gasteiger partial charge in [-0.3, -0.25) is 8.80 Å². The fourth-order valence-electron chi connectivity index (χ4n) is 2.87. The molecule has 6 rings (SSSR count). The minimum atomic E-state index is 0.867. The van der Waals surface area contributed by atoms with Gasteiger partial charge in [0.2, 0.25) is 0 Å². The van der Waals surface area contributed by atoms with E-state index in [0.29, 0.717) is 0 Å². The van der Waals surface area contributed by atoms with E-state index in [2.05, 4.69) is 32.3 Å². The lowest BCUT2D eigenvalue weighted by atomic mass is 10.4. The highest BCUT2D eigenvalue weighted by Gasteiger charge is 2.14. The fourth-order valence-corrected chi connectivity index (χ4v) is 4.75. The van der Waals surface area contributed by atoms with Crippen LogP contribution in [0.3, 0.4) is 0 Å². The van der Waals surface area contributed by atoms with Crippen molar-refractivity contribution in [1.82, 2.24) is 38.7 Å². The summed E-state index contributed by atoms with van der Waals surface area (Å²) < 4.78 is 4.05. The molecule has 0 bridgehead atoms. The predicted octanol–water partition coefficient (Wildman–Crippen LogP) is 3.55. The summed E-state index contributed by atoms with van der Waals surface area (Å²) in [5, 5.41) is 0. The minimum absolute atomic E-state index is 0.867. The monoisotopic (exact) mass is 378 g/mol. The number of H-pyrrole nitrogens is 2. The molecule has 0 aromatic carbocycles. The molecule has 0 aliphatic rings. The lowest BCUT2D eigenvalue weighted by Crippen LogP contribution is -1.77. The lowest BCUT2D eigenvalue weighted by Gasteiger charge is -1.89. The third-order valence-electron chi connectivity index (χ3n) is 4.10. The van der Waals surface area contributed by atoms with Gasteiger partial charge in [-0.1, -0.05) is 22.7 Å². The highest BCUT2D eigenvalue weighted by atomic mass is 32.1. The largest absolute Gasteiger partial charge is 0.344 e. The number of nitrogens with zero attached hydrogens (tertiary/aromatic N) is 6. The molecule has 6 heterocycles. The molecule has 2 N–H and O–H groups in total. The van der Waals surface area contributed by atoms with Crippen molar-refractivity contribution < 1.29 is 0 Å². The Morgan fingerprint density at radius 2 is 1.19 bits per heavy atom. The molecular weight excluding hydrogens is 368 g/mol.